The molecule has 0 fully saturated rings. The highest BCUT2D eigenvalue weighted by atomic mass is 79.9. The van der Waals surface area contributed by atoms with E-state index in [1.54, 1.807) is 18.2 Å². The Morgan fingerprint density at radius 1 is 1.00 bits per heavy atom. The summed E-state index contributed by atoms with van der Waals surface area (Å²) in [6.07, 6.45) is 0. The van der Waals surface area contributed by atoms with E-state index in [9.17, 15) is 8.78 Å². The molecule has 94 valence electrons. The number of hydrogen-bond acceptors (Lipinski definition) is 1. The smallest absolute Gasteiger partial charge is 0.159 e. The van der Waals surface area contributed by atoms with Gasteiger partial charge in [-0.05, 0) is 41.5 Å². The molecule has 0 aliphatic carbocycles. The molecular formula is C13H9BrClF2N. The number of halogens is 4. The van der Waals surface area contributed by atoms with Gasteiger partial charge in [0.25, 0.3) is 0 Å². The second-order valence-corrected chi connectivity index (χ2v) is 5.21. The highest BCUT2D eigenvalue weighted by molar-refractivity contribution is 9.10. The lowest BCUT2D eigenvalue weighted by molar-refractivity contribution is 0.506. The number of benzene rings is 2. The van der Waals surface area contributed by atoms with Crippen LogP contribution in [0.25, 0.3) is 0 Å². The van der Waals surface area contributed by atoms with Crippen LogP contribution in [-0.4, -0.2) is 0 Å². The molecule has 0 spiro atoms. The molecule has 0 saturated heterocycles. The summed E-state index contributed by atoms with van der Waals surface area (Å²) in [5, 5.41) is 0.525. The average Bonchev–Trinajstić information content (AvgIpc) is 2.30. The van der Waals surface area contributed by atoms with Gasteiger partial charge in [-0.15, -0.1) is 0 Å². The Hall–Kier alpha value is -0.970. The molecule has 0 saturated carbocycles. The van der Waals surface area contributed by atoms with Gasteiger partial charge >= 0.3 is 0 Å². The van der Waals surface area contributed by atoms with Crippen molar-refractivity contribution in [3.63, 3.8) is 0 Å². The molecular weight excluding hydrogens is 324 g/mol. The van der Waals surface area contributed by atoms with E-state index >= 15 is 0 Å². The molecule has 2 aromatic carbocycles. The van der Waals surface area contributed by atoms with Crippen molar-refractivity contribution in [2.75, 3.05) is 0 Å². The lowest BCUT2D eigenvalue weighted by Crippen LogP contribution is -2.12. The first-order valence-electron chi connectivity index (χ1n) is 5.14. The van der Waals surface area contributed by atoms with Crippen LogP contribution >= 0.6 is 27.5 Å². The molecule has 2 aromatic rings. The van der Waals surface area contributed by atoms with Crippen LogP contribution in [0.1, 0.15) is 17.2 Å². The summed E-state index contributed by atoms with van der Waals surface area (Å²) in [4.78, 5) is 0. The minimum absolute atomic E-state index is 0.489. The molecule has 5 heteroatoms. The topological polar surface area (TPSA) is 26.0 Å². The van der Waals surface area contributed by atoms with Crippen LogP contribution in [0.5, 0.6) is 0 Å². The van der Waals surface area contributed by atoms with Crippen LogP contribution < -0.4 is 5.73 Å². The highest BCUT2D eigenvalue weighted by Gasteiger charge is 2.12. The molecule has 18 heavy (non-hydrogen) atoms. The lowest BCUT2D eigenvalue weighted by Gasteiger charge is -2.13. The molecule has 0 amide bonds. The summed E-state index contributed by atoms with van der Waals surface area (Å²) in [5.41, 5.74) is 7.22. The first kappa shape index (κ1) is 13.5. The zero-order valence-corrected chi connectivity index (χ0v) is 11.5. The third kappa shape index (κ3) is 2.88. The van der Waals surface area contributed by atoms with Gasteiger partial charge in [0.05, 0.1) is 6.04 Å². The van der Waals surface area contributed by atoms with Gasteiger partial charge in [0, 0.05) is 9.50 Å². The Kier molecular flexibility index (Phi) is 4.00. The predicted molar refractivity (Wildman–Crippen MR) is 71.5 cm³/mol. The van der Waals surface area contributed by atoms with Crippen molar-refractivity contribution in [2.24, 2.45) is 5.73 Å². The molecule has 1 unspecified atom stereocenters. The van der Waals surface area contributed by atoms with E-state index in [1.807, 2.05) is 0 Å². The van der Waals surface area contributed by atoms with E-state index in [4.69, 9.17) is 17.3 Å². The van der Waals surface area contributed by atoms with E-state index in [0.29, 0.717) is 10.6 Å². The summed E-state index contributed by atoms with van der Waals surface area (Å²) in [6.45, 7) is 0. The van der Waals surface area contributed by atoms with Crippen LogP contribution in [-0.2, 0) is 0 Å². The number of hydrogen-bond donors (Lipinski definition) is 1. The second-order valence-electron chi connectivity index (χ2n) is 3.85. The van der Waals surface area contributed by atoms with Crippen LogP contribution in [0.3, 0.4) is 0 Å². The molecule has 0 aromatic heterocycles. The van der Waals surface area contributed by atoms with Crippen molar-refractivity contribution >= 4 is 27.5 Å². The maximum Gasteiger partial charge on any atom is 0.159 e. The van der Waals surface area contributed by atoms with Crippen molar-refractivity contribution in [3.05, 3.63) is 68.7 Å². The fraction of sp³-hybridized carbons (Fsp3) is 0.0769. The van der Waals surface area contributed by atoms with E-state index in [-0.39, 0.29) is 0 Å². The zero-order valence-electron chi connectivity index (χ0n) is 9.13. The fourth-order valence-corrected chi connectivity index (χ4v) is 2.54. The Balaban J connectivity index is 2.40. The van der Waals surface area contributed by atoms with Crippen molar-refractivity contribution < 1.29 is 8.78 Å². The van der Waals surface area contributed by atoms with Crippen LogP contribution in [0.2, 0.25) is 5.02 Å². The molecule has 0 aliphatic heterocycles. The lowest BCUT2D eigenvalue weighted by atomic mass is 9.99. The van der Waals surface area contributed by atoms with Crippen molar-refractivity contribution in [1.82, 2.24) is 0 Å². The van der Waals surface area contributed by atoms with Crippen molar-refractivity contribution in [3.8, 4) is 0 Å². The van der Waals surface area contributed by atoms with Gasteiger partial charge in [0.2, 0.25) is 0 Å². The quantitative estimate of drug-likeness (QED) is 0.865. The van der Waals surface area contributed by atoms with E-state index in [0.717, 1.165) is 22.2 Å². The van der Waals surface area contributed by atoms with Crippen LogP contribution in [0.15, 0.2) is 40.9 Å². The van der Waals surface area contributed by atoms with Gasteiger partial charge < -0.3 is 5.73 Å². The molecule has 2 rings (SSSR count). The first-order valence-corrected chi connectivity index (χ1v) is 6.31. The summed E-state index contributed by atoms with van der Waals surface area (Å²) in [6, 6.07) is 8.26. The summed E-state index contributed by atoms with van der Waals surface area (Å²) < 4.78 is 26.8. The molecule has 1 atom stereocenters. The fourth-order valence-electron chi connectivity index (χ4n) is 1.65. The average molecular weight is 333 g/mol. The second kappa shape index (κ2) is 5.34. The maximum atomic E-state index is 13.1. The predicted octanol–water partition coefficient (Wildman–Crippen LogP) is 4.43. The van der Waals surface area contributed by atoms with Gasteiger partial charge in [0.1, 0.15) is 0 Å². The summed E-state index contributed by atoms with van der Waals surface area (Å²) in [5.74, 6) is -1.80. The molecule has 0 radical (unpaired) electrons. The largest absolute Gasteiger partial charge is 0.320 e. The van der Waals surface area contributed by atoms with Crippen LogP contribution in [0, 0.1) is 11.6 Å². The highest BCUT2D eigenvalue weighted by Crippen LogP contribution is 2.27. The number of nitrogens with two attached hydrogens (primary N) is 1. The SMILES string of the molecule is NC(c1cc(Cl)cc(Br)c1)c1ccc(F)c(F)c1. The molecule has 0 bridgehead atoms. The zero-order chi connectivity index (χ0) is 13.3. The minimum atomic E-state index is -0.913. The van der Waals surface area contributed by atoms with E-state index in [1.165, 1.54) is 6.07 Å². The molecule has 1 nitrogen and oxygen atoms in total. The van der Waals surface area contributed by atoms with Gasteiger partial charge in [-0.3, -0.25) is 0 Å². The Bertz CT molecular complexity index is 569. The summed E-state index contributed by atoms with van der Waals surface area (Å²) in [7, 11) is 0. The van der Waals surface area contributed by atoms with Crippen LogP contribution in [0.4, 0.5) is 8.78 Å². The third-order valence-electron chi connectivity index (χ3n) is 2.55. The Morgan fingerprint density at radius 3 is 2.33 bits per heavy atom. The Labute approximate surface area is 117 Å². The first-order chi connectivity index (χ1) is 8.47. The monoisotopic (exact) mass is 331 g/mol. The molecule has 0 heterocycles. The van der Waals surface area contributed by atoms with Gasteiger partial charge in [-0.25, -0.2) is 8.78 Å². The summed E-state index contributed by atoms with van der Waals surface area (Å²) >= 11 is 9.22. The normalized spacial score (nSPS) is 12.5. The maximum absolute atomic E-state index is 13.1. The van der Waals surface area contributed by atoms with Gasteiger partial charge in [-0.2, -0.15) is 0 Å². The molecule has 0 aliphatic rings. The standard InChI is InChI=1S/C13H9BrClF2N/c14-9-3-8(4-10(15)6-9)13(18)7-1-2-11(16)12(17)5-7/h1-6,13H,18H2. The van der Waals surface area contributed by atoms with Crippen molar-refractivity contribution in [2.45, 2.75) is 6.04 Å². The molecule has 2 N–H and O–H groups in total. The van der Waals surface area contributed by atoms with E-state index < -0.39 is 17.7 Å². The van der Waals surface area contributed by atoms with Crippen molar-refractivity contribution in [1.29, 1.82) is 0 Å². The minimum Gasteiger partial charge on any atom is -0.320 e. The number of rotatable bonds is 2. The Morgan fingerprint density at radius 2 is 1.72 bits per heavy atom. The van der Waals surface area contributed by atoms with Gasteiger partial charge in [0.15, 0.2) is 11.6 Å². The third-order valence-corrected chi connectivity index (χ3v) is 3.22. The van der Waals surface area contributed by atoms with Gasteiger partial charge in [-0.1, -0.05) is 33.6 Å². The van der Waals surface area contributed by atoms with E-state index in [2.05, 4.69) is 15.9 Å².